The van der Waals surface area contributed by atoms with Crippen molar-refractivity contribution >= 4 is 17.3 Å². The number of Topliss-reactive ketones (excluding diaryl/α,β-unsaturated/α-hetero) is 2. The van der Waals surface area contributed by atoms with Gasteiger partial charge in [0.05, 0.1) is 11.0 Å². The minimum atomic E-state index is -0.859. The van der Waals surface area contributed by atoms with Gasteiger partial charge >= 0.3 is 0 Å². The van der Waals surface area contributed by atoms with Crippen molar-refractivity contribution in [2.45, 2.75) is 19.4 Å². The number of rotatable bonds is 5. The maximum Gasteiger partial charge on any atom is 0.270 e. The summed E-state index contributed by atoms with van der Waals surface area (Å²) in [6, 6.07) is 4.49. The zero-order chi connectivity index (χ0) is 13.0. The minimum absolute atomic E-state index is 0.142. The lowest BCUT2D eigenvalue weighted by molar-refractivity contribution is -0.384. The summed E-state index contributed by atoms with van der Waals surface area (Å²) < 4.78 is 0. The molecule has 0 heterocycles. The predicted molar refractivity (Wildman–Crippen MR) is 60.7 cm³/mol. The van der Waals surface area contributed by atoms with Crippen molar-refractivity contribution in [2.24, 2.45) is 5.73 Å². The molecule has 17 heavy (non-hydrogen) atoms. The van der Waals surface area contributed by atoms with E-state index in [1.165, 1.54) is 31.2 Å². The lowest BCUT2D eigenvalue weighted by atomic mass is 10.0. The van der Waals surface area contributed by atoms with Crippen LogP contribution in [0, 0.1) is 10.1 Å². The van der Waals surface area contributed by atoms with Crippen molar-refractivity contribution in [3.63, 3.8) is 0 Å². The van der Waals surface area contributed by atoms with Gasteiger partial charge in [0, 0.05) is 24.1 Å². The molecule has 0 radical (unpaired) electrons. The van der Waals surface area contributed by atoms with Crippen LogP contribution >= 0.6 is 0 Å². The zero-order valence-corrected chi connectivity index (χ0v) is 9.25. The molecular weight excluding hydrogens is 224 g/mol. The van der Waals surface area contributed by atoms with Gasteiger partial charge in [-0.15, -0.1) is 0 Å². The lowest BCUT2D eigenvalue weighted by Gasteiger charge is -2.06. The van der Waals surface area contributed by atoms with E-state index in [1.54, 1.807) is 0 Å². The Morgan fingerprint density at radius 1 is 1.47 bits per heavy atom. The molecule has 1 unspecified atom stereocenters. The molecule has 0 aliphatic rings. The second-order valence-electron chi connectivity index (χ2n) is 3.65. The van der Waals surface area contributed by atoms with E-state index in [-0.39, 0.29) is 29.2 Å². The molecule has 0 bridgehead atoms. The first-order chi connectivity index (χ1) is 7.91. The van der Waals surface area contributed by atoms with E-state index in [4.69, 9.17) is 5.73 Å². The van der Waals surface area contributed by atoms with Crippen LogP contribution in [0.15, 0.2) is 24.3 Å². The molecule has 1 aromatic carbocycles. The molecule has 0 aliphatic heterocycles. The summed E-state index contributed by atoms with van der Waals surface area (Å²) in [4.78, 5) is 32.5. The first kappa shape index (κ1) is 13.0. The Balaban J connectivity index is 2.86. The summed E-state index contributed by atoms with van der Waals surface area (Å²) in [5.74, 6) is -0.666. The zero-order valence-electron chi connectivity index (χ0n) is 9.25. The van der Waals surface area contributed by atoms with E-state index in [1.807, 2.05) is 0 Å². The van der Waals surface area contributed by atoms with E-state index in [0.29, 0.717) is 0 Å². The highest BCUT2D eigenvalue weighted by atomic mass is 16.6. The lowest BCUT2D eigenvalue weighted by Crippen LogP contribution is -2.30. The van der Waals surface area contributed by atoms with Crippen LogP contribution < -0.4 is 5.73 Å². The van der Waals surface area contributed by atoms with Gasteiger partial charge in [-0.2, -0.15) is 0 Å². The monoisotopic (exact) mass is 236 g/mol. The highest BCUT2D eigenvalue weighted by Gasteiger charge is 2.17. The van der Waals surface area contributed by atoms with Gasteiger partial charge in [-0.05, 0) is 6.92 Å². The molecule has 0 amide bonds. The van der Waals surface area contributed by atoms with Gasteiger partial charge in [-0.3, -0.25) is 19.7 Å². The van der Waals surface area contributed by atoms with Crippen LogP contribution in [0.1, 0.15) is 23.7 Å². The fraction of sp³-hybridized carbons (Fsp3) is 0.273. The molecule has 0 spiro atoms. The van der Waals surface area contributed by atoms with Gasteiger partial charge < -0.3 is 5.73 Å². The van der Waals surface area contributed by atoms with Crippen LogP contribution in [-0.2, 0) is 4.79 Å². The number of ketones is 2. The average Bonchev–Trinajstić information content (AvgIpc) is 2.28. The Kier molecular flexibility index (Phi) is 4.06. The Bertz CT molecular complexity index is 470. The van der Waals surface area contributed by atoms with E-state index >= 15 is 0 Å². The molecule has 6 nitrogen and oxygen atoms in total. The maximum absolute atomic E-state index is 11.7. The number of nitro benzene ring substituents is 1. The summed E-state index contributed by atoms with van der Waals surface area (Å²) in [6.45, 7) is 1.30. The van der Waals surface area contributed by atoms with Crippen molar-refractivity contribution in [1.82, 2.24) is 0 Å². The number of non-ortho nitro benzene ring substituents is 1. The second-order valence-corrected chi connectivity index (χ2v) is 3.65. The summed E-state index contributed by atoms with van der Waals surface area (Å²) in [7, 11) is 0. The molecule has 1 atom stereocenters. The van der Waals surface area contributed by atoms with Crippen molar-refractivity contribution in [2.75, 3.05) is 0 Å². The van der Waals surface area contributed by atoms with Gasteiger partial charge in [0.15, 0.2) is 5.78 Å². The summed E-state index contributed by atoms with van der Waals surface area (Å²) >= 11 is 0. The number of nitrogens with two attached hydrogens (primary N) is 1. The first-order valence-electron chi connectivity index (χ1n) is 4.95. The van der Waals surface area contributed by atoms with Crippen LogP contribution in [0.4, 0.5) is 5.69 Å². The third-order valence-corrected chi connectivity index (χ3v) is 2.31. The quantitative estimate of drug-likeness (QED) is 0.468. The number of nitrogens with zero attached hydrogens (tertiary/aromatic N) is 1. The van der Waals surface area contributed by atoms with Gasteiger partial charge in [0.2, 0.25) is 0 Å². The predicted octanol–water partition coefficient (Wildman–Crippen LogP) is 1.08. The minimum Gasteiger partial charge on any atom is -0.321 e. The third-order valence-electron chi connectivity index (χ3n) is 2.31. The van der Waals surface area contributed by atoms with E-state index in [2.05, 4.69) is 0 Å². The largest absolute Gasteiger partial charge is 0.321 e. The molecule has 1 aromatic rings. The number of hydrogen-bond donors (Lipinski definition) is 1. The Morgan fingerprint density at radius 2 is 2.12 bits per heavy atom. The topological polar surface area (TPSA) is 103 Å². The molecule has 0 fully saturated rings. The fourth-order valence-electron chi connectivity index (χ4n) is 1.25. The average molecular weight is 236 g/mol. The molecular formula is C11H12N2O4. The molecule has 2 N–H and O–H groups in total. The Labute approximate surface area is 97.6 Å². The van der Waals surface area contributed by atoms with Crippen molar-refractivity contribution in [1.29, 1.82) is 0 Å². The first-order valence-corrected chi connectivity index (χ1v) is 4.95. The smallest absolute Gasteiger partial charge is 0.270 e. The molecule has 6 heteroatoms. The molecule has 0 aromatic heterocycles. The second kappa shape index (κ2) is 5.31. The van der Waals surface area contributed by atoms with Gasteiger partial charge in [0.25, 0.3) is 5.69 Å². The highest BCUT2D eigenvalue weighted by Crippen LogP contribution is 2.14. The van der Waals surface area contributed by atoms with Crippen LogP contribution in [0.3, 0.4) is 0 Å². The number of carbonyl (C=O) groups excluding carboxylic acids is 2. The summed E-state index contributed by atoms with van der Waals surface area (Å²) in [5.41, 5.74) is 5.48. The van der Waals surface area contributed by atoms with Crippen molar-refractivity contribution < 1.29 is 14.5 Å². The van der Waals surface area contributed by atoms with Crippen molar-refractivity contribution in [3.8, 4) is 0 Å². The molecule has 0 saturated heterocycles. The molecule has 0 saturated carbocycles. The van der Waals surface area contributed by atoms with Gasteiger partial charge in [-0.1, -0.05) is 12.1 Å². The van der Waals surface area contributed by atoms with E-state index in [9.17, 15) is 19.7 Å². The fourth-order valence-corrected chi connectivity index (χ4v) is 1.25. The normalized spacial score (nSPS) is 11.9. The standard InChI is InChI=1S/C11H12N2O4/c1-7(14)10(12)6-11(15)8-3-2-4-9(5-8)13(16)17/h2-5,10H,6,12H2,1H3. The number of hydrogen-bond acceptors (Lipinski definition) is 5. The van der Waals surface area contributed by atoms with E-state index in [0.717, 1.165) is 0 Å². The van der Waals surface area contributed by atoms with Crippen molar-refractivity contribution in [3.05, 3.63) is 39.9 Å². The third kappa shape index (κ3) is 3.46. The summed E-state index contributed by atoms with van der Waals surface area (Å²) in [5, 5.41) is 10.5. The summed E-state index contributed by atoms with van der Waals surface area (Å²) in [6.07, 6.45) is -0.142. The van der Waals surface area contributed by atoms with Crippen LogP contribution in [0.25, 0.3) is 0 Å². The van der Waals surface area contributed by atoms with Crippen LogP contribution in [0.2, 0.25) is 0 Å². The van der Waals surface area contributed by atoms with E-state index < -0.39 is 11.0 Å². The Morgan fingerprint density at radius 3 is 2.65 bits per heavy atom. The maximum atomic E-state index is 11.7. The molecule has 1 rings (SSSR count). The van der Waals surface area contributed by atoms with Crippen LogP contribution in [-0.4, -0.2) is 22.5 Å². The molecule has 90 valence electrons. The molecule has 0 aliphatic carbocycles. The number of nitro groups is 1. The number of carbonyl (C=O) groups is 2. The number of benzene rings is 1. The van der Waals surface area contributed by atoms with Crippen LogP contribution in [0.5, 0.6) is 0 Å². The Hall–Kier alpha value is -2.08. The van der Waals surface area contributed by atoms with Gasteiger partial charge in [-0.25, -0.2) is 0 Å². The van der Waals surface area contributed by atoms with Gasteiger partial charge in [0.1, 0.15) is 5.78 Å². The highest BCUT2D eigenvalue weighted by molar-refractivity contribution is 5.99. The SMILES string of the molecule is CC(=O)C(N)CC(=O)c1cccc([N+](=O)[O-])c1.